The van der Waals surface area contributed by atoms with Gasteiger partial charge in [-0.2, -0.15) is 13.2 Å². The molecule has 14 heavy (non-hydrogen) atoms. The molecule has 1 aromatic rings. The van der Waals surface area contributed by atoms with Crippen LogP contribution in [-0.2, 0) is 0 Å². The Labute approximate surface area is 85.5 Å². The van der Waals surface area contributed by atoms with Gasteiger partial charge in [-0.1, -0.05) is 6.07 Å². The molecular weight excluding hydrogens is 209 g/mol. The van der Waals surface area contributed by atoms with Gasteiger partial charge in [0.25, 0.3) is 0 Å². The van der Waals surface area contributed by atoms with Gasteiger partial charge < -0.3 is 0 Å². The molecule has 0 atom stereocenters. The van der Waals surface area contributed by atoms with Gasteiger partial charge in [-0.05, 0) is 37.1 Å². The maximum atomic E-state index is 11.9. The van der Waals surface area contributed by atoms with E-state index in [1.807, 2.05) is 19.9 Å². The molecule has 0 saturated carbocycles. The summed E-state index contributed by atoms with van der Waals surface area (Å²) >= 11 is 0.831. The van der Waals surface area contributed by atoms with Crippen LogP contribution in [0.4, 0.5) is 13.2 Å². The van der Waals surface area contributed by atoms with Crippen LogP contribution in [0.15, 0.2) is 23.1 Å². The van der Waals surface area contributed by atoms with Crippen molar-refractivity contribution in [1.29, 1.82) is 0 Å². The van der Waals surface area contributed by atoms with Crippen molar-refractivity contribution in [3.8, 4) is 0 Å². The zero-order chi connectivity index (χ0) is 10.8. The van der Waals surface area contributed by atoms with Gasteiger partial charge in [0.1, 0.15) is 0 Å². The highest BCUT2D eigenvalue weighted by molar-refractivity contribution is 7.99. The Balaban J connectivity index is 2.68. The third kappa shape index (κ3) is 4.05. The topological polar surface area (TPSA) is 0 Å². The summed E-state index contributed by atoms with van der Waals surface area (Å²) in [5.74, 6) is -0.824. The predicted octanol–water partition coefficient (Wildman–Crippen LogP) is 3.96. The Morgan fingerprint density at radius 1 is 1.07 bits per heavy atom. The van der Waals surface area contributed by atoms with E-state index in [-0.39, 0.29) is 0 Å². The number of hydrogen-bond acceptors (Lipinski definition) is 1. The normalized spacial score (nSPS) is 11.8. The average Bonchev–Trinajstić information content (AvgIpc) is 1.97. The largest absolute Gasteiger partial charge is 0.398 e. The van der Waals surface area contributed by atoms with Crippen molar-refractivity contribution < 1.29 is 13.2 Å². The van der Waals surface area contributed by atoms with Crippen molar-refractivity contribution in [3.05, 3.63) is 29.3 Å². The Morgan fingerprint density at radius 2 is 1.57 bits per heavy atom. The standard InChI is InChI=1S/C10H11F3S/c1-7-3-8(2)5-9(4-7)14-6-10(11,12)13/h3-5H,6H2,1-2H3. The molecule has 0 spiro atoms. The fourth-order valence-corrected chi connectivity index (χ4v) is 2.05. The van der Waals surface area contributed by atoms with Crippen molar-refractivity contribution in [2.75, 3.05) is 5.75 Å². The number of benzene rings is 1. The van der Waals surface area contributed by atoms with E-state index in [0.29, 0.717) is 4.90 Å². The molecule has 0 aliphatic rings. The highest BCUT2D eigenvalue weighted by Crippen LogP contribution is 2.28. The van der Waals surface area contributed by atoms with Crippen LogP contribution in [0.5, 0.6) is 0 Å². The Bertz CT molecular complexity index is 297. The molecule has 1 rings (SSSR count). The van der Waals surface area contributed by atoms with E-state index in [1.54, 1.807) is 12.1 Å². The quantitative estimate of drug-likeness (QED) is 0.680. The first-order chi connectivity index (χ1) is 6.37. The zero-order valence-corrected chi connectivity index (χ0v) is 8.80. The molecule has 1 aromatic carbocycles. The molecule has 0 nitrogen and oxygen atoms in total. The average molecular weight is 220 g/mol. The molecule has 4 heteroatoms. The number of alkyl halides is 3. The third-order valence-electron chi connectivity index (χ3n) is 1.60. The second-order valence-electron chi connectivity index (χ2n) is 3.23. The number of thioether (sulfide) groups is 1. The van der Waals surface area contributed by atoms with E-state index in [0.717, 1.165) is 22.9 Å². The molecule has 0 N–H and O–H groups in total. The van der Waals surface area contributed by atoms with E-state index in [2.05, 4.69) is 0 Å². The molecule has 0 unspecified atom stereocenters. The van der Waals surface area contributed by atoms with Crippen molar-refractivity contribution in [2.24, 2.45) is 0 Å². The van der Waals surface area contributed by atoms with E-state index >= 15 is 0 Å². The third-order valence-corrected chi connectivity index (χ3v) is 2.64. The summed E-state index contributed by atoms with van der Waals surface area (Å²) in [5.41, 5.74) is 1.99. The van der Waals surface area contributed by atoms with Gasteiger partial charge in [0.15, 0.2) is 0 Å². The molecule has 0 aliphatic carbocycles. The maximum absolute atomic E-state index is 11.9. The first-order valence-corrected chi connectivity index (χ1v) is 5.13. The molecule has 78 valence electrons. The van der Waals surface area contributed by atoms with Crippen LogP contribution in [0.1, 0.15) is 11.1 Å². The summed E-state index contributed by atoms with van der Waals surface area (Å²) < 4.78 is 35.8. The summed E-state index contributed by atoms with van der Waals surface area (Å²) in [6.07, 6.45) is -4.09. The van der Waals surface area contributed by atoms with Crippen molar-refractivity contribution in [1.82, 2.24) is 0 Å². The molecule has 0 aromatic heterocycles. The lowest BCUT2D eigenvalue weighted by molar-refractivity contribution is -0.105. The second kappa shape index (κ2) is 4.26. The number of rotatable bonds is 2. The molecule has 0 aliphatic heterocycles. The number of aryl methyl sites for hydroxylation is 2. The fourth-order valence-electron chi connectivity index (χ4n) is 1.18. The molecule has 0 amide bonds. The first-order valence-electron chi connectivity index (χ1n) is 4.15. The molecule has 0 radical (unpaired) electrons. The minimum Gasteiger partial charge on any atom is -0.170 e. The van der Waals surface area contributed by atoms with E-state index in [9.17, 15) is 13.2 Å². The summed E-state index contributed by atoms with van der Waals surface area (Å²) in [7, 11) is 0. The van der Waals surface area contributed by atoms with E-state index < -0.39 is 11.9 Å². The number of hydrogen-bond donors (Lipinski definition) is 0. The van der Waals surface area contributed by atoms with Crippen LogP contribution in [0.25, 0.3) is 0 Å². The fraction of sp³-hybridized carbons (Fsp3) is 0.400. The van der Waals surface area contributed by atoms with Crippen molar-refractivity contribution >= 4 is 11.8 Å². The van der Waals surface area contributed by atoms with Crippen molar-refractivity contribution in [3.63, 3.8) is 0 Å². The van der Waals surface area contributed by atoms with Gasteiger partial charge in [0.2, 0.25) is 0 Å². The predicted molar refractivity (Wildman–Crippen MR) is 52.7 cm³/mol. The minimum absolute atomic E-state index is 0.680. The van der Waals surface area contributed by atoms with Gasteiger partial charge >= 0.3 is 6.18 Å². The highest BCUT2D eigenvalue weighted by Gasteiger charge is 2.27. The Kier molecular flexibility index (Phi) is 3.48. The van der Waals surface area contributed by atoms with Gasteiger partial charge in [0, 0.05) is 4.90 Å². The Hall–Kier alpha value is -0.640. The second-order valence-corrected chi connectivity index (χ2v) is 4.28. The van der Waals surface area contributed by atoms with Gasteiger partial charge in [-0.25, -0.2) is 0 Å². The van der Waals surface area contributed by atoms with Crippen LogP contribution in [0.2, 0.25) is 0 Å². The van der Waals surface area contributed by atoms with Crippen LogP contribution < -0.4 is 0 Å². The van der Waals surface area contributed by atoms with Crippen LogP contribution in [-0.4, -0.2) is 11.9 Å². The summed E-state index contributed by atoms with van der Waals surface area (Å²) in [6.45, 7) is 3.76. The molecule has 0 saturated heterocycles. The van der Waals surface area contributed by atoms with Crippen LogP contribution in [0, 0.1) is 13.8 Å². The maximum Gasteiger partial charge on any atom is 0.398 e. The van der Waals surface area contributed by atoms with Gasteiger partial charge in [-0.3, -0.25) is 0 Å². The molecule has 0 bridgehead atoms. The first kappa shape index (κ1) is 11.4. The van der Waals surface area contributed by atoms with E-state index in [1.165, 1.54) is 0 Å². The summed E-state index contributed by atoms with van der Waals surface area (Å²) in [6, 6.07) is 5.48. The molecule has 0 heterocycles. The van der Waals surface area contributed by atoms with Gasteiger partial charge in [0.05, 0.1) is 5.75 Å². The van der Waals surface area contributed by atoms with Crippen LogP contribution >= 0.6 is 11.8 Å². The summed E-state index contributed by atoms with van der Waals surface area (Å²) in [5, 5.41) is 0. The van der Waals surface area contributed by atoms with E-state index in [4.69, 9.17) is 0 Å². The monoisotopic (exact) mass is 220 g/mol. The number of halogens is 3. The Morgan fingerprint density at radius 3 is 2.00 bits per heavy atom. The molecular formula is C10H11F3S. The highest BCUT2D eigenvalue weighted by atomic mass is 32.2. The zero-order valence-electron chi connectivity index (χ0n) is 7.98. The lowest BCUT2D eigenvalue weighted by Crippen LogP contribution is -2.10. The smallest absolute Gasteiger partial charge is 0.170 e. The lowest BCUT2D eigenvalue weighted by atomic mass is 10.2. The van der Waals surface area contributed by atoms with Gasteiger partial charge in [-0.15, -0.1) is 11.8 Å². The SMILES string of the molecule is Cc1cc(C)cc(SCC(F)(F)F)c1. The van der Waals surface area contributed by atoms with Crippen molar-refractivity contribution in [2.45, 2.75) is 24.9 Å². The minimum atomic E-state index is -4.09. The van der Waals surface area contributed by atoms with Crippen LogP contribution in [0.3, 0.4) is 0 Å². The summed E-state index contributed by atoms with van der Waals surface area (Å²) in [4.78, 5) is 0.680. The molecule has 0 fully saturated rings. The lowest BCUT2D eigenvalue weighted by Gasteiger charge is -2.07.